The van der Waals surface area contributed by atoms with Gasteiger partial charge in [0.1, 0.15) is 0 Å². The fourth-order valence-corrected chi connectivity index (χ4v) is 0.775. The number of amides is 1. The highest BCUT2D eigenvalue weighted by molar-refractivity contribution is 5.66. The number of likely N-dealkylation sites (N-methyl/N-ethyl adjacent to an activating group) is 1. The Kier molecular flexibility index (Phi) is 6.32. The first kappa shape index (κ1) is 12.2. The van der Waals surface area contributed by atoms with Crippen LogP contribution in [0.4, 0.5) is 4.79 Å². The summed E-state index contributed by atoms with van der Waals surface area (Å²) in [6.07, 6.45) is -0.334. The number of hydrogen-bond donors (Lipinski definition) is 1. The van der Waals surface area contributed by atoms with E-state index in [1.807, 2.05) is 7.05 Å². The minimum Gasteiger partial charge on any atom is -0.450 e. The van der Waals surface area contributed by atoms with Crippen molar-refractivity contribution in [3.63, 3.8) is 0 Å². The van der Waals surface area contributed by atoms with Crippen molar-refractivity contribution in [3.8, 4) is 0 Å². The molecule has 0 fully saturated rings. The number of rotatable bonds is 5. The summed E-state index contributed by atoms with van der Waals surface area (Å²) >= 11 is 0. The van der Waals surface area contributed by atoms with Gasteiger partial charge in [-0.05, 0) is 27.8 Å². The molecule has 0 aromatic heterocycles. The predicted octanol–water partition coefficient (Wildman–Crippen LogP) is 1.07. The minimum atomic E-state index is -0.334. The minimum absolute atomic E-state index is 0.334. The quantitative estimate of drug-likeness (QED) is 0.701. The van der Waals surface area contributed by atoms with Crippen LogP contribution in [-0.4, -0.2) is 43.8 Å². The van der Waals surface area contributed by atoms with Crippen molar-refractivity contribution in [2.75, 3.05) is 26.7 Å². The van der Waals surface area contributed by atoms with Crippen LogP contribution in [0, 0.1) is 0 Å². The lowest BCUT2D eigenvalue weighted by molar-refractivity contribution is 0.150. The average Bonchev–Trinajstić information content (AvgIpc) is 2.04. The summed E-state index contributed by atoms with van der Waals surface area (Å²) in [5.74, 6) is 0. The third-order valence-corrected chi connectivity index (χ3v) is 1.89. The Morgan fingerprint density at radius 2 is 2.15 bits per heavy atom. The van der Waals surface area contributed by atoms with Gasteiger partial charge in [-0.25, -0.2) is 4.79 Å². The zero-order chi connectivity index (χ0) is 10.3. The molecule has 4 heteroatoms. The van der Waals surface area contributed by atoms with Crippen LogP contribution in [0.2, 0.25) is 0 Å². The number of carbonyl (C=O) groups is 1. The van der Waals surface area contributed by atoms with Gasteiger partial charge >= 0.3 is 6.09 Å². The van der Waals surface area contributed by atoms with Crippen LogP contribution in [0.25, 0.3) is 0 Å². The molecular formula is C9H20N2O2. The maximum Gasteiger partial charge on any atom is 0.407 e. The Morgan fingerprint density at radius 3 is 2.62 bits per heavy atom. The van der Waals surface area contributed by atoms with Crippen LogP contribution in [0.1, 0.15) is 20.8 Å². The first-order valence-electron chi connectivity index (χ1n) is 4.68. The first-order chi connectivity index (χ1) is 6.07. The number of carbonyl (C=O) groups excluding carboxylic acids is 1. The smallest absolute Gasteiger partial charge is 0.407 e. The number of hydrogen-bond acceptors (Lipinski definition) is 3. The summed E-state index contributed by atoms with van der Waals surface area (Å²) < 4.78 is 4.72. The molecule has 0 saturated carbocycles. The summed E-state index contributed by atoms with van der Waals surface area (Å²) in [4.78, 5) is 13.0. The van der Waals surface area contributed by atoms with E-state index in [2.05, 4.69) is 24.1 Å². The van der Waals surface area contributed by atoms with Gasteiger partial charge in [-0.3, -0.25) is 0 Å². The molecule has 0 bridgehead atoms. The second kappa shape index (κ2) is 6.71. The second-order valence-electron chi connectivity index (χ2n) is 3.22. The maximum atomic E-state index is 10.8. The highest BCUT2D eigenvalue weighted by Gasteiger charge is 2.03. The monoisotopic (exact) mass is 188 g/mol. The summed E-state index contributed by atoms with van der Waals surface area (Å²) in [5, 5.41) is 2.67. The molecule has 0 aliphatic heterocycles. The molecule has 4 nitrogen and oxygen atoms in total. The van der Waals surface area contributed by atoms with Gasteiger partial charge in [0.05, 0.1) is 6.61 Å². The Hall–Kier alpha value is -0.770. The molecule has 0 radical (unpaired) electrons. The number of nitrogens with one attached hydrogen (secondary N) is 1. The van der Waals surface area contributed by atoms with Crippen molar-refractivity contribution in [2.24, 2.45) is 0 Å². The standard InChI is InChI=1S/C9H20N2O2/c1-5-13-9(12)10-6-7-11(4)8(2)3/h8H,5-7H2,1-4H3,(H,10,12). The van der Waals surface area contributed by atoms with Gasteiger partial charge in [0, 0.05) is 19.1 Å². The third kappa shape index (κ3) is 6.40. The van der Waals surface area contributed by atoms with Crippen LogP contribution in [0.3, 0.4) is 0 Å². The molecule has 1 N–H and O–H groups in total. The molecule has 1 amide bonds. The molecule has 0 spiro atoms. The lowest BCUT2D eigenvalue weighted by atomic mass is 10.3. The number of ether oxygens (including phenoxy) is 1. The molecule has 0 aliphatic carbocycles. The molecule has 0 heterocycles. The second-order valence-corrected chi connectivity index (χ2v) is 3.22. The molecule has 0 rings (SSSR count). The first-order valence-corrected chi connectivity index (χ1v) is 4.68. The number of nitrogens with zero attached hydrogens (tertiary/aromatic N) is 1. The van der Waals surface area contributed by atoms with E-state index >= 15 is 0 Å². The molecular weight excluding hydrogens is 168 g/mol. The normalized spacial score (nSPS) is 10.6. The molecule has 0 aliphatic rings. The van der Waals surface area contributed by atoms with E-state index < -0.39 is 0 Å². The maximum absolute atomic E-state index is 10.8. The Balaban J connectivity index is 3.39. The van der Waals surface area contributed by atoms with Crippen molar-refractivity contribution >= 4 is 6.09 Å². The van der Waals surface area contributed by atoms with Crippen LogP contribution < -0.4 is 5.32 Å². The van der Waals surface area contributed by atoms with Crippen molar-refractivity contribution in [2.45, 2.75) is 26.8 Å². The van der Waals surface area contributed by atoms with E-state index in [1.165, 1.54) is 0 Å². The highest BCUT2D eigenvalue weighted by atomic mass is 16.5. The summed E-state index contributed by atoms with van der Waals surface area (Å²) in [6.45, 7) is 7.92. The molecule has 0 unspecified atom stereocenters. The fourth-order valence-electron chi connectivity index (χ4n) is 0.775. The van der Waals surface area contributed by atoms with Crippen LogP contribution >= 0.6 is 0 Å². The van der Waals surface area contributed by atoms with Crippen molar-refractivity contribution in [1.29, 1.82) is 0 Å². The van der Waals surface area contributed by atoms with Crippen molar-refractivity contribution in [1.82, 2.24) is 10.2 Å². The van der Waals surface area contributed by atoms with Crippen LogP contribution in [0.15, 0.2) is 0 Å². The number of alkyl carbamates (subject to hydrolysis) is 1. The zero-order valence-electron chi connectivity index (χ0n) is 8.96. The zero-order valence-corrected chi connectivity index (χ0v) is 8.96. The topological polar surface area (TPSA) is 41.6 Å². The summed E-state index contributed by atoms with van der Waals surface area (Å²) in [6, 6.07) is 0.504. The molecule has 0 aromatic rings. The van der Waals surface area contributed by atoms with Crippen LogP contribution in [0.5, 0.6) is 0 Å². The largest absolute Gasteiger partial charge is 0.450 e. The third-order valence-electron chi connectivity index (χ3n) is 1.89. The van der Waals surface area contributed by atoms with Gasteiger partial charge in [-0.2, -0.15) is 0 Å². The van der Waals surface area contributed by atoms with Gasteiger partial charge in [0.25, 0.3) is 0 Å². The van der Waals surface area contributed by atoms with E-state index in [-0.39, 0.29) is 6.09 Å². The fraction of sp³-hybridized carbons (Fsp3) is 0.889. The summed E-state index contributed by atoms with van der Waals surface area (Å²) in [5.41, 5.74) is 0. The van der Waals surface area contributed by atoms with Gasteiger partial charge in [-0.1, -0.05) is 0 Å². The lowest BCUT2D eigenvalue weighted by Gasteiger charge is -2.20. The van der Waals surface area contributed by atoms with Crippen molar-refractivity contribution < 1.29 is 9.53 Å². The van der Waals surface area contributed by atoms with E-state index in [1.54, 1.807) is 6.92 Å². The van der Waals surface area contributed by atoms with E-state index in [9.17, 15) is 4.79 Å². The average molecular weight is 188 g/mol. The van der Waals surface area contributed by atoms with E-state index in [4.69, 9.17) is 4.74 Å². The van der Waals surface area contributed by atoms with E-state index in [0.717, 1.165) is 6.54 Å². The highest BCUT2D eigenvalue weighted by Crippen LogP contribution is 1.90. The lowest BCUT2D eigenvalue weighted by Crippen LogP contribution is -2.36. The Bertz CT molecular complexity index is 149. The van der Waals surface area contributed by atoms with Crippen LogP contribution in [-0.2, 0) is 4.74 Å². The molecule has 78 valence electrons. The van der Waals surface area contributed by atoms with Gasteiger partial charge in [-0.15, -0.1) is 0 Å². The SMILES string of the molecule is CCOC(=O)NCCN(C)C(C)C. The van der Waals surface area contributed by atoms with Gasteiger partial charge in [0.15, 0.2) is 0 Å². The Morgan fingerprint density at radius 1 is 1.54 bits per heavy atom. The molecule has 0 saturated heterocycles. The summed E-state index contributed by atoms with van der Waals surface area (Å²) in [7, 11) is 2.03. The Labute approximate surface area is 80.2 Å². The molecule has 13 heavy (non-hydrogen) atoms. The van der Waals surface area contributed by atoms with Gasteiger partial charge < -0.3 is 15.0 Å². The van der Waals surface area contributed by atoms with Gasteiger partial charge in [0.2, 0.25) is 0 Å². The predicted molar refractivity (Wildman–Crippen MR) is 52.8 cm³/mol. The molecule has 0 atom stereocenters. The molecule has 0 aromatic carbocycles. The van der Waals surface area contributed by atoms with E-state index in [0.29, 0.717) is 19.2 Å². The van der Waals surface area contributed by atoms with Crippen molar-refractivity contribution in [3.05, 3.63) is 0 Å².